The van der Waals surface area contributed by atoms with Gasteiger partial charge in [0.1, 0.15) is 22.3 Å². The van der Waals surface area contributed by atoms with E-state index >= 15 is 0 Å². The van der Waals surface area contributed by atoms with E-state index in [-0.39, 0.29) is 70.3 Å². The molecule has 4 aliphatic rings. The van der Waals surface area contributed by atoms with Crippen molar-refractivity contribution in [2.45, 2.75) is 81.7 Å². The Bertz CT molecular complexity index is 3240. The van der Waals surface area contributed by atoms with Gasteiger partial charge in [0, 0.05) is 54.3 Å². The van der Waals surface area contributed by atoms with Gasteiger partial charge in [-0.3, -0.25) is 24.6 Å². The van der Waals surface area contributed by atoms with Crippen LogP contribution in [0.3, 0.4) is 0 Å². The van der Waals surface area contributed by atoms with Crippen molar-refractivity contribution in [1.82, 2.24) is 19.6 Å². The summed E-state index contributed by atoms with van der Waals surface area (Å²) >= 11 is 7.41. The number of ether oxygens (including phenoxy) is 1. The maximum atomic E-state index is 14.1. The van der Waals surface area contributed by atoms with E-state index in [1.54, 1.807) is 30.3 Å². The number of halogens is 1. The van der Waals surface area contributed by atoms with Gasteiger partial charge in [-0.15, -0.1) is 11.3 Å². The second kappa shape index (κ2) is 17.7. The number of carboxylic acid groups (broad SMARTS) is 2. The van der Waals surface area contributed by atoms with Crippen LogP contribution in [0, 0.1) is 0 Å². The summed E-state index contributed by atoms with van der Waals surface area (Å²) in [7, 11) is -3.85. The zero-order valence-electron chi connectivity index (χ0n) is 37.4. The third kappa shape index (κ3) is 8.63. The van der Waals surface area contributed by atoms with Crippen LogP contribution >= 0.6 is 22.9 Å². The molecular formula is C48H46ClN7O11S2. The van der Waals surface area contributed by atoms with E-state index in [1.807, 2.05) is 50.2 Å². The molecule has 4 N–H and O–H groups in total. The summed E-state index contributed by atoms with van der Waals surface area (Å²) in [6, 6.07) is 19.8. The number of carbonyl (C=O) groups is 5. The number of carboxylic acids is 2. The number of sulfonamides is 1. The normalized spacial score (nSPS) is 19.9. The number of piperidine rings is 3. The highest BCUT2D eigenvalue weighted by Crippen LogP contribution is 2.47. The van der Waals surface area contributed by atoms with Crippen molar-refractivity contribution >= 4 is 102 Å². The molecule has 3 aromatic heterocycles. The molecule has 18 nitrogen and oxygen atoms in total. The van der Waals surface area contributed by atoms with Crippen molar-refractivity contribution < 1.29 is 51.8 Å². The molecule has 358 valence electrons. The van der Waals surface area contributed by atoms with Gasteiger partial charge in [-0.1, -0.05) is 41.9 Å². The first-order valence-electron chi connectivity index (χ1n) is 22.5. The van der Waals surface area contributed by atoms with Crippen LogP contribution in [0.25, 0.3) is 32.4 Å². The lowest BCUT2D eigenvalue weighted by atomic mass is 9.85. The standard InChI is InChI=1S/C48H46ClN7O11S2/c1-48(2)22-28(50-27-6-3-5-26(21-27)41-39(49)40(66-23-37(58)59)42(68-41)46(62)63)17-20-55(48)69(64,65)24-29-9-11-33-44(51-29)67-47(52-33)54-18-15-25(16-19-54)30-10-12-34-38-31(30)7-4-8-32(38)45(61)56(34)35-13-14-36(57)53-43(35)60/h3-12,21,25,28,35,50H,13-20,22-24H2,1-2H3,(H,58,59)(H,62,63)(H,53,57,60). The fourth-order valence-electron chi connectivity index (χ4n) is 10.3. The SMILES string of the molecule is CC1(C)CC(Nc2cccc(-c3sc(C(=O)O)c(OCC(=O)O)c3Cl)c2)CCN1S(=O)(=O)Cc1ccc2nc(N3CCC(c4ccc5c6c(cccc46)C(=O)N5C4CCC(=O)NC4=O)CC3)oc2n1. The van der Waals surface area contributed by atoms with E-state index < -0.39 is 46.1 Å². The fourth-order valence-corrected chi connectivity index (χ4v) is 13.6. The molecule has 0 radical (unpaired) electrons. The van der Waals surface area contributed by atoms with Crippen molar-refractivity contribution in [2.75, 3.05) is 41.4 Å². The van der Waals surface area contributed by atoms with Gasteiger partial charge in [0.15, 0.2) is 17.2 Å². The van der Waals surface area contributed by atoms with Gasteiger partial charge in [0.2, 0.25) is 27.6 Å². The number of imide groups is 1. The van der Waals surface area contributed by atoms with E-state index in [0.29, 0.717) is 70.5 Å². The monoisotopic (exact) mass is 995 g/mol. The first-order valence-corrected chi connectivity index (χ1v) is 25.3. The zero-order chi connectivity index (χ0) is 48.5. The Morgan fingerprint density at radius 3 is 2.51 bits per heavy atom. The summed E-state index contributed by atoms with van der Waals surface area (Å²) in [5, 5.41) is 26.5. The molecule has 21 heteroatoms. The van der Waals surface area contributed by atoms with Gasteiger partial charge in [-0.2, -0.15) is 9.29 Å². The van der Waals surface area contributed by atoms with Crippen LogP contribution in [0.1, 0.15) is 89.6 Å². The van der Waals surface area contributed by atoms with Gasteiger partial charge < -0.3 is 29.6 Å². The number of aromatic carboxylic acids is 1. The second-order valence-corrected chi connectivity index (χ2v) is 21.7. The molecule has 69 heavy (non-hydrogen) atoms. The molecule has 2 atom stereocenters. The molecule has 7 heterocycles. The van der Waals surface area contributed by atoms with Crippen molar-refractivity contribution in [3.63, 3.8) is 0 Å². The number of aromatic nitrogens is 2. The number of rotatable bonds is 13. The minimum Gasteiger partial charge on any atom is -0.479 e. The summed E-state index contributed by atoms with van der Waals surface area (Å²) in [6.07, 6.45) is 2.98. The number of anilines is 3. The highest BCUT2D eigenvalue weighted by atomic mass is 35.5. The van der Waals surface area contributed by atoms with Crippen LogP contribution < -0.4 is 25.2 Å². The van der Waals surface area contributed by atoms with Crippen LogP contribution in [0.2, 0.25) is 5.02 Å². The van der Waals surface area contributed by atoms with E-state index in [4.69, 9.17) is 30.8 Å². The Balaban J connectivity index is 0.778. The lowest BCUT2D eigenvalue weighted by molar-refractivity contribution is -0.139. The van der Waals surface area contributed by atoms with Crippen LogP contribution in [0.5, 0.6) is 5.75 Å². The van der Waals surface area contributed by atoms with Crippen molar-refractivity contribution in [2.24, 2.45) is 0 Å². The Morgan fingerprint density at radius 1 is 0.986 bits per heavy atom. The Morgan fingerprint density at radius 2 is 1.77 bits per heavy atom. The number of nitrogens with one attached hydrogen (secondary N) is 2. The number of hydrogen-bond acceptors (Lipinski definition) is 14. The van der Waals surface area contributed by atoms with Crippen LogP contribution in [-0.2, 0) is 30.2 Å². The van der Waals surface area contributed by atoms with Crippen molar-refractivity contribution in [3.05, 3.63) is 93.5 Å². The lowest BCUT2D eigenvalue weighted by Gasteiger charge is -2.44. The number of pyridine rings is 1. The number of fused-ring (bicyclic) bond motifs is 1. The molecule has 0 spiro atoms. The smallest absolute Gasteiger partial charge is 0.349 e. The van der Waals surface area contributed by atoms with E-state index in [1.165, 1.54) is 9.21 Å². The molecule has 3 amide bonds. The first-order chi connectivity index (χ1) is 33.0. The van der Waals surface area contributed by atoms with E-state index in [9.17, 15) is 37.5 Å². The highest BCUT2D eigenvalue weighted by molar-refractivity contribution is 7.88. The van der Waals surface area contributed by atoms with Crippen molar-refractivity contribution in [3.8, 4) is 16.2 Å². The molecule has 4 aliphatic heterocycles. The zero-order valence-corrected chi connectivity index (χ0v) is 39.7. The third-order valence-electron chi connectivity index (χ3n) is 13.4. The largest absolute Gasteiger partial charge is 0.479 e. The number of aliphatic carboxylic acids is 1. The molecule has 2 unspecified atom stereocenters. The molecule has 0 aliphatic carbocycles. The van der Waals surface area contributed by atoms with E-state index in [2.05, 4.69) is 20.5 Å². The number of nitrogens with zero attached hydrogens (tertiary/aromatic N) is 5. The summed E-state index contributed by atoms with van der Waals surface area (Å²) in [4.78, 5) is 74.5. The fraction of sp³-hybridized carbons (Fsp3) is 0.354. The third-order valence-corrected chi connectivity index (χ3v) is 17.1. The number of amides is 3. The number of benzene rings is 3. The first kappa shape index (κ1) is 46.1. The number of hydrogen-bond donors (Lipinski definition) is 4. The molecule has 0 bridgehead atoms. The molecule has 6 aromatic rings. The molecule has 3 saturated heterocycles. The number of thiophene rings is 1. The summed E-state index contributed by atoms with van der Waals surface area (Å²) in [5.41, 5.74) is 3.97. The van der Waals surface area contributed by atoms with Gasteiger partial charge in [-0.05, 0) is 105 Å². The van der Waals surface area contributed by atoms with E-state index in [0.717, 1.165) is 40.5 Å². The second-order valence-electron chi connectivity index (χ2n) is 18.4. The van der Waals surface area contributed by atoms with Crippen LogP contribution in [-0.4, -0.2) is 106 Å². The average Bonchev–Trinajstić information content (AvgIpc) is 3.97. The predicted octanol–water partition coefficient (Wildman–Crippen LogP) is 7.25. The molecule has 3 aromatic carbocycles. The minimum absolute atomic E-state index is 0.000738. The Kier molecular flexibility index (Phi) is 11.9. The highest BCUT2D eigenvalue weighted by Gasteiger charge is 2.43. The minimum atomic E-state index is -3.85. The molecule has 0 saturated carbocycles. The lowest BCUT2D eigenvalue weighted by Crippen LogP contribution is -2.55. The van der Waals surface area contributed by atoms with Gasteiger partial charge in [0.25, 0.3) is 11.9 Å². The maximum absolute atomic E-state index is 14.1. The Hall–Kier alpha value is -6.61. The maximum Gasteiger partial charge on any atom is 0.349 e. The molecular weight excluding hydrogens is 950 g/mol. The topological polar surface area (TPSA) is 242 Å². The number of oxazole rings is 1. The van der Waals surface area contributed by atoms with Gasteiger partial charge in [0.05, 0.1) is 16.3 Å². The van der Waals surface area contributed by atoms with Gasteiger partial charge >= 0.3 is 11.9 Å². The quantitative estimate of drug-likeness (QED) is 0.0833. The summed E-state index contributed by atoms with van der Waals surface area (Å²) in [5.74, 6) is -3.97. The van der Waals surface area contributed by atoms with Crippen molar-refractivity contribution in [1.29, 1.82) is 0 Å². The molecule has 10 rings (SSSR count). The number of carbonyl (C=O) groups excluding carboxylic acids is 3. The predicted molar refractivity (Wildman–Crippen MR) is 258 cm³/mol. The van der Waals surface area contributed by atoms with Crippen LogP contribution in [0.4, 0.5) is 17.4 Å². The van der Waals surface area contributed by atoms with Crippen LogP contribution in [0.15, 0.2) is 71.1 Å². The average molecular weight is 997 g/mol. The summed E-state index contributed by atoms with van der Waals surface area (Å²) in [6.45, 7) is 4.55. The summed E-state index contributed by atoms with van der Waals surface area (Å²) < 4.78 is 41.1. The van der Waals surface area contributed by atoms with Gasteiger partial charge in [-0.25, -0.2) is 23.0 Å². The Labute approximate surface area is 404 Å². The molecule has 3 fully saturated rings.